The zero-order chi connectivity index (χ0) is 11.9. The van der Waals surface area contributed by atoms with Gasteiger partial charge in [-0.05, 0) is 50.8 Å². The number of hydrogen-bond donors (Lipinski definition) is 0. The first-order valence-corrected chi connectivity index (χ1v) is 7.03. The van der Waals surface area contributed by atoms with E-state index in [1.165, 1.54) is 19.3 Å². The Morgan fingerprint density at radius 2 is 2.06 bits per heavy atom. The van der Waals surface area contributed by atoms with E-state index in [-0.39, 0.29) is 10.7 Å². The summed E-state index contributed by atoms with van der Waals surface area (Å²) in [5.74, 6) is 1.08. The first-order chi connectivity index (χ1) is 8.19. The molecule has 1 aliphatic heterocycles. The Morgan fingerprint density at radius 3 is 2.76 bits per heavy atom. The summed E-state index contributed by atoms with van der Waals surface area (Å²) in [5, 5.41) is 0. The normalized spacial score (nSPS) is 21.0. The van der Waals surface area contributed by atoms with Crippen molar-refractivity contribution in [3.8, 4) is 5.75 Å². The van der Waals surface area contributed by atoms with Gasteiger partial charge in [0.1, 0.15) is 5.75 Å². The van der Waals surface area contributed by atoms with Gasteiger partial charge in [-0.15, -0.1) is 0 Å². The Hall–Kier alpha value is -0.960. The highest BCUT2D eigenvalue weighted by Crippen LogP contribution is 2.53. The first-order valence-electron chi connectivity index (χ1n) is 6.22. The fraction of sp³-hybridized carbons (Fsp3) is 0.500. The third-order valence-electron chi connectivity index (χ3n) is 3.56. The lowest BCUT2D eigenvalue weighted by Crippen LogP contribution is -2.31. The van der Waals surface area contributed by atoms with Crippen LogP contribution in [0.4, 0.5) is 0 Å². The van der Waals surface area contributed by atoms with Crippen LogP contribution >= 0.6 is 11.8 Å². The van der Waals surface area contributed by atoms with Crippen LogP contribution in [0.2, 0.25) is 0 Å². The van der Waals surface area contributed by atoms with E-state index in [4.69, 9.17) is 4.74 Å². The van der Waals surface area contributed by atoms with Crippen molar-refractivity contribution >= 4 is 17.5 Å². The van der Waals surface area contributed by atoms with E-state index in [2.05, 4.69) is 0 Å². The Bertz CT molecular complexity index is 461. The van der Waals surface area contributed by atoms with Crippen molar-refractivity contribution in [3.63, 3.8) is 0 Å². The minimum atomic E-state index is -0.0318. The van der Waals surface area contributed by atoms with Crippen molar-refractivity contribution in [1.82, 2.24) is 0 Å². The zero-order valence-corrected chi connectivity index (χ0v) is 10.8. The highest BCUT2D eigenvalue weighted by atomic mass is 32.2. The number of ketones is 1. The van der Waals surface area contributed by atoms with Crippen molar-refractivity contribution in [1.29, 1.82) is 0 Å². The van der Waals surface area contributed by atoms with E-state index in [0.29, 0.717) is 0 Å². The lowest BCUT2D eigenvalue weighted by Gasteiger charge is -2.31. The molecule has 2 aliphatic rings. The second-order valence-corrected chi connectivity index (χ2v) is 6.28. The van der Waals surface area contributed by atoms with Crippen molar-refractivity contribution in [2.45, 2.75) is 48.9 Å². The number of rotatable bonds is 1. The smallest absolute Gasteiger partial charge is 0.159 e. The minimum Gasteiger partial charge on any atom is -0.475 e. The molecule has 1 fully saturated rings. The second kappa shape index (κ2) is 4.05. The Labute approximate surface area is 106 Å². The van der Waals surface area contributed by atoms with Gasteiger partial charge in [0.15, 0.2) is 10.7 Å². The Kier molecular flexibility index (Phi) is 2.66. The van der Waals surface area contributed by atoms with Crippen LogP contribution in [0, 0.1) is 0 Å². The number of thioether (sulfide) groups is 1. The van der Waals surface area contributed by atoms with Crippen LogP contribution in [-0.4, -0.2) is 10.7 Å². The molecule has 1 aromatic rings. The van der Waals surface area contributed by atoms with Crippen LogP contribution in [0.5, 0.6) is 5.75 Å². The van der Waals surface area contributed by atoms with Gasteiger partial charge in [-0.25, -0.2) is 0 Å². The average Bonchev–Trinajstić information content (AvgIpc) is 2.66. The maximum Gasteiger partial charge on any atom is 0.159 e. The molecule has 0 unspecified atom stereocenters. The van der Waals surface area contributed by atoms with Gasteiger partial charge in [0.2, 0.25) is 0 Å². The van der Waals surface area contributed by atoms with Gasteiger partial charge in [0, 0.05) is 5.56 Å². The molecule has 1 aliphatic carbocycles. The second-order valence-electron chi connectivity index (χ2n) is 4.89. The Morgan fingerprint density at radius 1 is 1.29 bits per heavy atom. The van der Waals surface area contributed by atoms with Gasteiger partial charge >= 0.3 is 0 Å². The van der Waals surface area contributed by atoms with Crippen LogP contribution in [0.25, 0.3) is 0 Å². The van der Waals surface area contributed by atoms with Crippen LogP contribution in [0.1, 0.15) is 49.4 Å². The molecule has 3 heteroatoms. The number of fused-ring (bicyclic) bond motifs is 1. The molecule has 0 bridgehead atoms. The van der Waals surface area contributed by atoms with E-state index in [9.17, 15) is 4.79 Å². The van der Waals surface area contributed by atoms with Crippen LogP contribution in [0.15, 0.2) is 23.1 Å². The predicted molar refractivity (Wildman–Crippen MR) is 68.7 cm³/mol. The molecule has 0 radical (unpaired) electrons. The van der Waals surface area contributed by atoms with Crippen LogP contribution in [0.3, 0.4) is 0 Å². The fourth-order valence-electron chi connectivity index (χ4n) is 2.61. The van der Waals surface area contributed by atoms with E-state index in [1.807, 2.05) is 30.0 Å². The van der Waals surface area contributed by atoms with Gasteiger partial charge in [0.05, 0.1) is 4.90 Å². The third-order valence-corrected chi connectivity index (χ3v) is 4.96. The molecule has 0 atom stereocenters. The summed E-state index contributed by atoms with van der Waals surface area (Å²) in [6, 6.07) is 5.79. The molecule has 0 N–H and O–H groups in total. The van der Waals surface area contributed by atoms with Gasteiger partial charge in [-0.3, -0.25) is 4.79 Å². The van der Waals surface area contributed by atoms with Crippen LogP contribution < -0.4 is 4.74 Å². The van der Waals surface area contributed by atoms with E-state index < -0.39 is 0 Å². The molecule has 0 aromatic heterocycles. The molecular formula is C14H16O2S. The largest absolute Gasteiger partial charge is 0.475 e. The summed E-state index contributed by atoms with van der Waals surface area (Å²) in [4.78, 5) is 12.5. The molecule has 1 heterocycles. The average molecular weight is 248 g/mol. The SMILES string of the molecule is CC(=O)c1ccc2c(c1)SC1(CCCCC1)O2. The topological polar surface area (TPSA) is 26.3 Å². The summed E-state index contributed by atoms with van der Waals surface area (Å²) in [5.41, 5.74) is 0.785. The molecule has 1 aromatic carbocycles. The van der Waals surface area contributed by atoms with E-state index in [0.717, 1.165) is 29.1 Å². The van der Waals surface area contributed by atoms with Gasteiger partial charge < -0.3 is 4.74 Å². The summed E-state index contributed by atoms with van der Waals surface area (Å²) < 4.78 is 6.12. The van der Waals surface area contributed by atoms with Crippen molar-refractivity contribution in [2.75, 3.05) is 0 Å². The fourth-order valence-corrected chi connectivity index (χ4v) is 4.03. The first kappa shape index (κ1) is 11.1. The standard InChI is InChI=1S/C14H16O2S/c1-10(15)11-5-6-12-13(9-11)17-14(16-12)7-3-2-4-8-14/h5-6,9H,2-4,7-8H2,1H3. The number of ether oxygens (including phenoxy) is 1. The minimum absolute atomic E-state index is 0.0318. The molecule has 0 saturated heterocycles. The number of benzene rings is 1. The number of carbonyl (C=O) groups is 1. The van der Waals surface area contributed by atoms with Crippen molar-refractivity contribution in [2.24, 2.45) is 0 Å². The van der Waals surface area contributed by atoms with Crippen LogP contribution in [-0.2, 0) is 0 Å². The maximum absolute atomic E-state index is 11.4. The molecule has 0 amide bonds. The zero-order valence-electron chi connectivity index (χ0n) is 9.99. The molecule has 1 saturated carbocycles. The van der Waals surface area contributed by atoms with Gasteiger partial charge in [0.25, 0.3) is 0 Å². The summed E-state index contributed by atoms with van der Waals surface area (Å²) in [7, 11) is 0. The lowest BCUT2D eigenvalue weighted by molar-refractivity contribution is 0.101. The molecule has 90 valence electrons. The summed E-state index contributed by atoms with van der Waals surface area (Å²) in [6.45, 7) is 1.61. The molecule has 1 spiro atoms. The predicted octanol–water partition coefficient (Wildman–Crippen LogP) is 4.03. The molecule has 2 nitrogen and oxygen atoms in total. The van der Waals surface area contributed by atoms with Crippen molar-refractivity contribution < 1.29 is 9.53 Å². The lowest BCUT2D eigenvalue weighted by atomic mass is 9.97. The third kappa shape index (κ3) is 1.97. The maximum atomic E-state index is 11.4. The highest BCUT2D eigenvalue weighted by molar-refractivity contribution is 8.00. The Balaban J connectivity index is 1.89. The number of Topliss-reactive ketones (excluding diaryl/α,β-unsaturated/α-hetero) is 1. The number of hydrogen-bond acceptors (Lipinski definition) is 3. The highest BCUT2D eigenvalue weighted by Gasteiger charge is 2.41. The van der Waals surface area contributed by atoms with Gasteiger partial charge in [-0.2, -0.15) is 0 Å². The molecule has 3 rings (SSSR count). The van der Waals surface area contributed by atoms with E-state index in [1.54, 1.807) is 6.92 Å². The van der Waals surface area contributed by atoms with Crippen molar-refractivity contribution in [3.05, 3.63) is 23.8 Å². The molecular weight excluding hydrogens is 232 g/mol. The van der Waals surface area contributed by atoms with E-state index >= 15 is 0 Å². The summed E-state index contributed by atoms with van der Waals surface area (Å²) >= 11 is 1.82. The summed E-state index contributed by atoms with van der Waals surface area (Å²) in [6.07, 6.45) is 6.07. The quantitative estimate of drug-likeness (QED) is 0.702. The molecule has 17 heavy (non-hydrogen) atoms. The monoisotopic (exact) mass is 248 g/mol. The number of carbonyl (C=O) groups excluding carboxylic acids is 1. The van der Waals surface area contributed by atoms with Gasteiger partial charge in [-0.1, -0.05) is 18.2 Å².